The van der Waals surface area contributed by atoms with E-state index in [1.807, 2.05) is 24.3 Å². The number of methoxy groups -OCH3 is 1. The second kappa shape index (κ2) is 5.85. The number of carbonyl (C=O) groups excluding carboxylic acids is 1. The van der Waals surface area contributed by atoms with Crippen LogP contribution in [0.25, 0.3) is 10.9 Å². The van der Waals surface area contributed by atoms with Gasteiger partial charge in [-0.2, -0.15) is 0 Å². The fourth-order valence-corrected chi connectivity index (χ4v) is 2.42. The van der Waals surface area contributed by atoms with Crippen molar-refractivity contribution in [3.63, 3.8) is 0 Å². The van der Waals surface area contributed by atoms with E-state index >= 15 is 0 Å². The Bertz CT molecular complexity index is 879. The molecule has 0 saturated heterocycles. The first-order chi connectivity index (χ1) is 10.7. The van der Waals surface area contributed by atoms with Gasteiger partial charge in [0.2, 0.25) is 0 Å². The summed E-state index contributed by atoms with van der Waals surface area (Å²) in [6, 6.07) is 17.7. The van der Waals surface area contributed by atoms with E-state index < -0.39 is 0 Å². The molecule has 1 aromatic heterocycles. The number of carbonyl (C=O) groups is 1. The largest absolute Gasteiger partial charge is 0.497 e. The van der Waals surface area contributed by atoms with Gasteiger partial charge in [0.05, 0.1) is 19.2 Å². The van der Waals surface area contributed by atoms with E-state index in [0.717, 1.165) is 10.9 Å². The third-order valence-corrected chi connectivity index (χ3v) is 3.61. The molecule has 0 aliphatic rings. The number of benzene rings is 2. The average molecular weight is 293 g/mol. The molecule has 0 unspecified atom stereocenters. The molecule has 0 saturated carbocycles. The summed E-state index contributed by atoms with van der Waals surface area (Å²) in [6.07, 6.45) is 0. The normalized spacial score (nSPS) is 10.6. The number of ether oxygens (including phenoxy) is 1. The molecule has 0 aliphatic heterocycles. The van der Waals surface area contributed by atoms with Crippen molar-refractivity contribution in [2.75, 3.05) is 7.11 Å². The molecule has 0 radical (unpaired) electrons. The van der Waals surface area contributed by atoms with Gasteiger partial charge in [-0.3, -0.25) is 9.59 Å². The van der Waals surface area contributed by atoms with Crippen LogP contribution in [0.3, 0.4) is 0 Å². The molecular formula is C18H15NO3. The van der Waals surface area contributed by atoms with Gasteiger partial charge in [0.1, 0.15) is 5.75 Å². The summed E-state index contributed by atoms with van der Waals surface area (Å²) in [5.74, 6) is 0.583. The van der Waals surface area contributed by atoms with Crippen LogP contribution in [0.1, 0.15) is 10.4 Å². The number of para-hydroxylation sites is 1. The average Bonchev–Trinajstić information content (AvgIpc) is 2.57. The smallest absolute Gasteiger partial charge is 0.251 e. The standard InChI is InChI=1S/C18H15NO3/c1-22-15-9-6-14(7-10-15)17(20)12-19-16-5-3-2-4-13(16)8-11-18(19)21/h2-11H,12H2,1H3. The lowest BCUT2D eigenvalue weighted by Gasteiger charge is -2.09. The van der Waals surface area contributed by atoms with Gasteiger partial charge in [-0.25, -0.2) is 0 Å². The number of hydrogen-bond acceptors (Lipinski definition) is 3. The number of aromatic nitrogens is 1. The Morgan fingerprint density at radius 3 is 2.45 bits per heavy atom. The fourth-order valence-electron chi connectivity index (χ4n) is 2.42. The van der Waals surface area contributed by atoms with Crippen molar-refractivity contribution in [3.05, 3.63) is 76.6 Å². The summed E-state index contributed by atoms with van der Waals surface area (Å²) in [5, 5.41) is 0.935. The first-order valence-corrected chi connectivity index (χ1v) is 6.95. The van der Waals surface area contributed by atoms with Crippen molar-refractivity contribution >= 4 is 16.7 Å². The maximum absolute atomic E-state index is 12.4. The van der Waals surface area contributed by atoms with Crippen LogP contribution in [-0.4, -0.2) is 17.5 Å². The van der Waals surface area contributed by atoms with E-state index in [1.54, 1.807) is 37.4 Å². The lowest BCUT2D eigenvalue weighted by Crippen LogP contribution is -2.23. The van der Waals surface area contributed by atoms with Crippen LogP contribution in [0.4, 0.5) is 0 Å². The molecular weight excluding hydrogens is 278 g/mol. The van der Waals surface area contributed by atoms with Crippen LogP contribution in [-0.2, 0) is 6.54 Å². The Labute approximate surface area is 127 Å². The summed E-state index contributed by atoms with van der Waals surface area (Å²) in [6.45, 7) is 0.0204. The molecule has 0 atom stereocenters. The van der Waals surface area contributed by atoms with Gasteiger partial charge in [0, 0.05) is 11.6 Å². The van der Waals surface area contributed by atoms with Crippen molar-refractivity contribution < 1.29 is 9.53 Å². The summed E-state index contributed by atoms with van der Waals surface area (Å²) < 4.78 is 6.58. The minimum absolute atomic E-state index is 0.0204. The zero-order chi connectivity index (χ0) is 15.5. The lowest BCUT2D eigenvalue weighted by atomic mass is 10.1. The second-order valence-electron chi connectivity index (χ2n) is 4.97. The molecule has 1 heterocycles. The molecule has 0 aliphatic carbocycles. The highest BCUT2D eigenvalue weighted by molar-refractivity contribution is 5.96. The van der Waals surface area contributed by atoms with E-state index in [0.29, 0.717) is 11.3 Å². The van der Waals surface area contributed by atoms with E-state index in [1.165, 1.54) is 10.6 Å². The lowest BCUT2D eigenvalue weighted by molar-refractivity contribution is 0.0972. The van der Waals surface area contributed by atoms with Crippen LogP contribution in [0, 0.1) is 0 Å². The maximum Gasteiger partial charge on any atom is 0.251 e. The van der Waals surface area contributed by atoms with E-state index in [-0.39, 0.29) is 17.9 Å². The Morgan fingerprint density at radius 1 is 1.00 bits per heavy atom. The summed E-state index contributed by atoms with van der Waals surface area (Å²) >= 11 is 0. The predicted octanol–water partition coefficient (Wildman–Crippen LogP) is 2.89. The number of Topliss-reactive ketones (excluding diaryl/α,β-unsaturated/α-hetero) is 1. The van der Waals surface area contributed by atoms with Crippen molar-refractivity contribution in [2.45, 2.75) is 6.54 Å². The van der Waals surface area contributed by atoms with Crippen molar-refractivity contribution in [2.24, 2.45) is 0 Å². The van der Waals surface area contributed by atoms with E-state index in [9.17, 15) is 9.59 Å². The molecule has 22 heavy (non-hydrogen) atoms. The van der Waals surface area contributed by atoms with E-state index in [2.05, 4.69) is 0 Å². The number of ketones is 1. The van der Waals surface area contributed by atoms with Crippen LogP contribution < -0.4 is 10.3 Å². The Kier molecular flexibility index (Phi) is 3.74. The number of rotatable bonds is 4. The highest BCUT2D eigenvalue weighted by Crippen LogP contribution is 2.14. The van der Waals surface area contributed by atoms with Gasteiger partial charge >= 0.3 is 0 Å². The highest BCUT2D eigenvalue weighted by Gasteiger charge is 2.10. The van der Waals surface area contributed by atoms with Gasteiger partial charge in [0.25, 0.3) is 5.56 Å². The molecule has 2 aromatic carbocycles. The number of pyridine rings is 1. The van der Waals surface area contributed by atoms with Crippen LogP contribution in [0.2, 0.25) is 0 Å². The zero-order valence-electron chi connectivity index (χ0n) is 12.2. The minimum Gasteiger partial charge on any atom is -0.497 e. The third-order valence-electron chi connectivity index (χ3n) is 3.61. The van der Waals surface area contributed by atoms with Crippen LogP contribution in [0.15, 0.2) is 65.5 Å². The van der Waals surface area contributed by atoms with Gasteiger partial charge < -0.3 is 9.30 Å². The van der Waals surface area contributed by atoms with Crippen LogP contribution in [0.5, 0.6) is 5.75 Å². The van der Waals surface area contributed by atoms with Gasteiger partial charge in [-0.1, -0.05) is 18.2 Å². The SMILES string of the molecule is COc1ccc(C(=O)Cn2c(=O)ccc3ccccc32)cc1. The molecule has 3 aromatic rings. The Morgan fingerprint density at radius 2 is 1.73 bits per heavy atom. The Hall–Kier alpha value is -2.88. The molecule has 4 heteroatoms. The molecule has 0 N–H and O–H groups in total. The minimum atomic E-state index is -0.180. The predicted molar refractivity (Wildman–Crippen MR) is 85.5 cm³/mol. The zero-order valence-corrected chi connectivity index (χ0v) is 12.2. The molecule has 4 nitrogen and oxygen atoms in total. The third kappa shape index (κ3) is 2.63. The first kappa shape index (κ1) is 14.1. The van der Waals surface area contributed by atoms with Crippen LogP contribution >= 0.6 is 0 Å². The number of nitrogens with zero attached hydrogens (tertiary/aromatic N) is 1. The topological polar surface area (TPSA) is 48.3 Å². The summed E-state index contributed by atoms with van der Waals surface area (Å²) in [4.78, 5) is 24.5. The molecule has 0 spiro atoms. The van der Waals surface area contributed by atoms with Gasteiger partial charge in [0.15, 0.2) is 5.78 Å². The molecule has 3 rings (SSSR count). The molecule has 110 valence electrons. The summed E-state index contributed by atoms with van der Waals surface area (Å²) in [5.41, 5.74) is 1.14. The monoisotopic (exact) mass is 293 g/mol. The number of hydrogen-bond donors (Lipinski definition) is 0. The summed E-state index contributed by atoms with van der Waals surface area (Å²) in [7, 11) is 1.58. The van der Waals surface area contributed by atoms with Gasteiger partial charge in [-0.15, -0.1) is 0 Å². The number of fused-ring (bicyclic) bond motifs is 1. The van der Waals surface area contributed by atoms with Crippen molar-refractivity contribution in [1.82, 2.24) is 4.57 Å². The molecule has 0 fully saturated rings. The van der Waals surface area contributed by atoms with Crippen molar-refractivity contribution in [1.29, 1.82) is 0 Å². The van der Waals surface area contributed by atoms with Crippen molar-refractivity contribution in [3.8, 4) is 5.75 Å². The quantitative estimate of drug-likeness (QED) is 0.695. The fraction of sp³-hybridized carbons (Fsp3) is 0.111. The first-order valence-electron chi connectivity index (χ1n) is 6.95. The van der Waals surface area contributed by atoms with E-state index in [4.69, 9.17) is 4.74 Å². The maximum atomic E-state index is 12.4. The molecule has 0 amide bonds. The second-order valence-corrected chi connectivity index (χ2v) is 4.97. The Balaban J connectivity index is 1.97. The molecule has 0 bridgehead atoms. The van der Waals surface area contributed by atoms with Gasteiger partial charge in [-0.05, 0) is 41.8 Å². The highest BCUT2D eigenvalue weighted by atomic mass is 16.5.